The van der Waals surface area contributed by atoms with Crippen molar-refractivity contribution in [2.45, 2.75) is 25.3 Å². The summed E-state index contributed by atoms with van der Waals surface area (Å²) in [5.41, 5.74) is 5.51. The first-order chi connectivity index (χ1) is 15.6. The number of hydrogen-bond acceptors (Lipinski definition) is 4. The van der Waals surface area contributed by atoms with Crippen molar-refractivity contribution in [1.82, 2.24) is 5.32 Å². The number of benzene rings is 3. The lowest BCUT2D eigenvalue weighted by Gasteiger charge is -2.19. The fourth-order valence-electron chi connectivity index (χ4n) is 4.07. The van der Waals surface area contributed by atoms with Crippen LogP contribution in [0.1, 0.15) is 29.5 Å². The van der Waals surface area contributed by atoms with Gasteiger partial charge in [-0.1, -0.05) is 76.6 Å². The van der Waals surface area contributed by atoms with E-state index in [1.54, 1.807) is 6.92 Å². The predicted octanol–water partition coefficient (Wildman–Crippen LogP) is 5.46. The molecule has 1 N–H and O–H groups in total. The second-order valence-corrected chi connectivity index (χ2v) is 8.52. The summed E-state index contributed by atoms with van der Waals surface area (Å²) in [5.74, 6) is -0.524. The van der Waals surface area contributed by atoms with Crippen LogP contribution < -0.4 is 5.32 Å². The van der Waals surface area contributed by atoms with Gasteiger partial charge in [-0.2, -0.15) is 0 Å². The van der Waals surface area contributed by atoms with Crippen LogP contribution >= 0.6 is 15.9 Å². The van der Waals surface area contributed by atoms with Crippen LogP contribution in [0, 0.1) is 0 Å². The topological polar surface area (TPSA) is 64.6 Å². The lowest BCUT2D eigenvalue weighted by Crippen LogP contribution is -2.44. The molecule has 0 saturated heterocycles. The van der Waals surface area contributed by atoms with Gasteiger partial charge < -0.3 is 14.8 Å². The van der Waals surface area contributed by atoms with Crippen LogP contribution in [0.15, 0.2) is 77.3 Å². The standard InChI is InChI=1S/C26H24BrNO4/c1-2-31-25(29)24(15-17-11-13-18(27)14-12-17)28-26(30)32-16-23-21-9-5-3-7-19(21)20-8-4-6-10-22(20)23/h3-14,23-24H,2,15-16H2,1H3,(H,28,30). The van der Waals surface area contributed by atoms with E-state index < -0.39 is 18.1 Å². The second kappa shape index (κ2) is 10.0. The minimum absolute atomic E-state index is 0.0410. The summed E-state index contributed by atoms with van der Waals surface area (Å²) in [7, 11) is 0. The molecule has 0 bridgehead atoms. The van der Waals surface area contributed by atoms with Gasteiger partial charge >= 0.3 is 12.1 Å². The van der Waals surface area contributed by atoms with Crippen molar-refractivity contribution < 1.29 is 19.1 Å². The Labute approximate surface area is 195 Å². The lowest BCUT2D eigenvalue weighted by molar-refractivity contribution is -0.145. The van der Waals surface area contributed by atoms with E-state index >= 15 is 0 Å². The van der Waals surface area contributed by atoms with E-state index in [2.05, 4.69) is 45.5 Å². The minimum atomic E-state index is -0.827. The summed E-state index contributed by atoms with van der Waals surface area (Å²) in [6.07, 6.45) is -0.321. The van der Waals surface area contributed by atoms with Gasteiger partial charge in [-0.25, -0.2) is 9.59 Å². The van der Waals surface area contributed by atoms with E-state index in [0.29, 0.717) is 6.42 Å². The molecule has 164 valence electrons. The van der Waals surface area contributed by atoms with Crippen LogP contribution in [-0.4, -0.2) is 31.3 Å². The molecule has 1 unspecified atom stereocenters. The van der Waals surface area contributed by atoms with E-state index in [0.717, 1.165) is 32.3 Å². The van der Waals surface area contributed by atoms with Gasteiger partial charge in [0.2, 0.25) is 0 Å². The van der Waals surface area contributed by atoms with Crippen LogP contribution in [-0.2, 0) is 20.7 Å². The Bertz CT molecular complexity index is 1070. The van der Waals surface area contributed by atoms with Crippen LogP contribution in [0.3, 0.4) is 0 Å². The quantitative estimate of drug-likeness (QED) is 0.443. The maximum atomic E-state index is 12.6. The van der Waals surface area contributed by atoms with Crippen molar-refractivity contribution in [1.29, 1.82) is 0 Å². The Morgan fingerprint density at radius 3 is 2.09 bits per heavy atom. The number of rotatable bonds is 7. The Hall–Kier alpha value is -3.12. The molecule has 0 saturated carbocycles. The Balaban J connectivity index is 1.44. The van der Waals surface area contributed by atoms with Crippen molar-refractivity contribution in [3.05, 3.63) is 94.0 Å². The molecule has 6 heteroatoms. The highest BCUT2D eigenvalue weighted by molar-refractivity contribution is 9.10. The summed E-state index contributed by atoms with van der Waals surface area (Å²) in [4.78, 5) is 25.1. The fraction of sp³-hybridized carbons (Fsp3) is 0.231. The highest BCUT2D eigenvalue weighted by Gasteiger charge is 2.30. The average molecular weight is 494 g/mol. The van der Waals surface area contributed by atoms with E-state index in [4.69, 9.17) is 9.47 Å². The summed E-state index contributed by atoms with van der Waals surface area (Å²) in [5, 5.41) is 2.69. The third kappa shape index (κ3) is 4.86. The number of halogens is 1. The molecule has 3 aromatic carbocycles. The number of hydrogen-bond donors (Lipinski definition) is 1. The molecule has 3 aromatic rings. The van der Waals surface area contributed by atoms with E-state index in [9.17, 15) is 9.59 Å². The van der Waals surface area contributed by atoms with Crippen molar-refractivity contribution in [2.24, 2.45) is 0 Å². The van der Waals surface area contributed by atoms with Gasteiger partial charge in [0, 0.05) is 16.8 Å². The number of esters is 1. The maximum absolute atomic E-state index is 12.6. The van der Waals surface area contributed by atoms with Crippen LogP contribution in [0.4, 0.5) is 4.79 Å². The smallest absolute Gasteiger partial charge is 0.407 e. The molecule has 4 rings (SSSR count). The molecule has 1 aliphatic rings. The molecule has 5 nitrogen and oxygen atoms in total. The van der Waals surface area contributed by atoms with Crippen LogP contribution in [0.5, 0.6) is 0 Å². The molecule has 0 spiro atoms. The molecule has 0 aromatic heterocycles. The van der Waals surface area contributed by atoms with E-state index in [1.807, 2.05) is 48.5 Å². The Morgan fingerprint density at radius 1 is 0.906 bits per heavy atom. The van der Waals surface area contributed by atoms with Gasteiger partial charge in [0.25, 0.3) is 0 Å². The molecule has 1 atom stereocenters. The normalized spacial score (nSPS) is 13.1. The zero-order valence-electron chi connectivity index (χ0n) is 17.7. The number of carbonyl (C=O) groups excluding carboxylic acids is 2. The van der Waals surface area contributed by atoms with Gasteiger partial charge in [-0.3, -0.25) is 0 Å². The Kier molecular flexibility index (Phi) is 6.90. The maximum Gasteiger partial charge on any atom is 0.407 e. The second-order valence-electron chi connectivity index (χ2n) is 7.61. The molecule has 1 aliphatic carbocycles. The first-order valence-electron chi connectivity index (χ1n) is 10.6. The largest absolute Gasteiger partial charge is 0.464 e. The van der Waals surface area contributed by atoms with Crippen molar-refractivity contribution >= 4 is 28.0 Å². The van der Waals surface area contributed by atoms with Crippen molar-refractivity contribution in [3.63, 3.8) is 0 Å². The zero-order chi connectivity index (χ0) is 22.5. The predicted molar refractivity (Wildman–Crippen MR) is 126 cm³/mol. The molecular weight excluding hydrogens is 470 g/mol. The molecule has 0 heterocycles. The van der Waals surface area contributed by atoms with Crippen LogP contribution in [0.2, 0.25) is 0 Å². The molecule has 32 heavy (non-hydrogen) atoms. The van der Waals surface area contributed by atoms with Gasteiger partial charge in [0.05, 0.1) is 6.61 Å². The summed E-state index contributed by atoms with van der Waals surface area (Å²) in [6.45, 7) is 2.16. The van der Waals surface area contributed by atoms with Crippen molar-refractivity contribution in [3.8, 4) is 11.1 Å². The summed E-state index contributed by atoms with van der Waals surface area (Å²) >= 11 is 3.40. The fourth-order valence-corrected chi connectivity index (χ4v) is 4.34. The third-order valence-corrected chi connectivity index (χ3v) is 6.09. The molecule has 1 amide bonds. The van der Waals surface area contributed by atoms with E-state index in [-0.39, 0.29) is 19.1 Å². The SMILES string of the molecule is CCOC(=O)C(Cc1ccc(Br)cc1)NC(=O)OCC1c2ccccc2-c2ccccc21. The van der Waals surface area contributed by atoms with Gasteiger partial charge in [0.1, 0.15) is 12.6 Å². The first kappa shape index (κ1) is 22.1. The van der Waals surface area contributed by atoms with Crippen molar-refractivity contribution in [2.75, 3.05) is 13.2 Å². The van der Waals surface area contributed by atoms with Gasteiger partial charge in [-0.15, -0.1) is 0 Å². The number of nitrogens with one attached hydrogen (secondary N) is 1. The van der Waals surface area contributed by atoms with Gasteiger partial charge in [-0.05, 0) is 46.9 Å². The molecule has 0 aliphatic heterocycles. The minimum Gasteiger partial charge on any atom is -0.464 e. The Morgan fingerprint density at radius 2 is 1.50 bits per heavy atom. The monoisotopic (exact) mass is 493 g/mol. The zero-order valence-corrected chi connectivity index (χ0v) is 19.3. The van der Waals surface area contributed by atoms with Gasteiger partial charge in [0.15, 0.2) is 0 Å². The summed E-state index contributed by atoms with van der Waals surface area (Å²) in [6, 6.07) is 23.1. The number of amides is 1. The number of ether oxygens (including phenoxy) is 2. The molecule has 0 fully saturated rings. The lowest BCUT2D eigenvalue weighted by atomic mass is 9.98. The molecule has 0 radical (unpaired) electrons. The highest BCUT2D eigenvalue weighted by Crippen LogP contribution is 2.44. The molecular formula is C26H24BrNO4. The number of alkyl carbamates (subject to hydrolysis) is 1. The number of carbonyl (C=O) groups is 2. The average Bonchev–Trinajstić information content (AvgIpc) is 3.12. The highest BCUT2D eigenvalue weighted by atomic mass is 79.9. The van der Waals surface area contributed by atoms with E-state index in [1.165, 1.54) is 0 Å². The number of fused-ring (bicyclic) bond motifs is 3. The third-order valence-electron chi connectivity index (χ3n) is 5.56. The van der Waals surface area contributed by atoms with Crippen LogP contribution in [0.25, 0.3) is 11.1 Å². The first-order valence-corrected chi connectivity index (χ1v) is 11.4. The summed E-state index contributed by atoms with van der Waals surface area (Å²) < 4.78 is 11.7.